The molecule has 0 spiro atoms. The third kappa shape index (κ3) is 8.96. The van der Waals surface area contributed by atoms with Gasteiger partial charge in [0.05, 0.1) is 39.6 Å². The minimum absolute atomic E-state index is 0.00354. The Bertz CT molecular complexity index is 177. The lowest BCUT2D eigenvalue weighted by molar-refractivity contribution is 0.0217. The minimum atomic E-state index is -1.12. The molecule has 0 saturated carbocycles. The quantitative estimate of drug-likeness (QED) is 0.330. The van der Waals surface area contributed by atoms with Crippen molar-refractivity contribution in [3.8, 4) is 0 Å². The first-order valence-electron chi connectivity index (χ1n) is 4.94. The van der Waals surface area contributed by atoms with E-state index < -0.39 is 12.7 Å². The normalized spacial score (nSPS) is 12.4. The lowest BCUT2D eigenvalue weighted by Gasteiger charge is -2.11. The maximum absolute atomic E-state index is 9.03. The van der Waals surface area contributed by atoms with Crippen molar-refractivity contribution in [2.24, 2.45) is 0 Å². The zero-order chi connectivity index (χ0) is 12.2. The number of rotatable bonds is 10. The van der Waals surface area contributed by atoms with Gasteiger partial charge in [-0.2, -0.15) is 0 Å². The van der Waals surface area contributed by atoms with E-state index in [9.17, 15) is 0 Å². The van der Waals surface area contributed by atoms with E-state index in [0.29, 0.717) is 26.4 Å². The van der Waals surface area contributed by atoms with Gasteiger partial charge in [0.15, 0.2) is 5.05 Å². The van der Waals surface area contributed by atoms with E-state index in [1.54, 1.807) is 0 Å². The van der Waals surface area contributed by atoms with Crippen molar-refractivity contribution in [1.29, 1.82) is 0 Å². The Morgan fingerprint density at radius 1 is 1.00 bits per heavy atom. The highest BCUT2D eigenvalue weighted by Crippen LogP contribution is 1.91. The third-order valence-corrected chi connectivity index (χ3v) is 1.91. The average molecular weight is 254 g/mol. The molecule has 0 saturated heterocycles. The molecule has 0 aliphatic rings. The summed E-state index contributed by atoms with van der Waals surface area (Å²) in [4.78, 5) is 0. The molecule has 0 aliphatic carbocycles. The van der Waals surface area contributed by atoms with Crippen molar-refractivity contribution >= 4 is 17.3 Å². The lowest BCUT2D eigenvalue weighted by Crippen LogP contribution is -2.26. The molecule has 1 atom stereocenters. The smallest absolute Gasteiger partial charge is 0.191 e. The predicted octanol–water partition coefficient (Wildman–Crippen LogP) is -1.29. The van der Waals surface area contributed by atoms with Crippen LogP contribution in [0.1, 0.15) is 0 Å². The summed E-state index contributed by atoms with van der Waals surface area (Å²) in [6.45, 7) is 1.19. The fraction of sp³-hybridized carbons (Fsp3) is 0.889. The fourth-order valence-corrected chi connectivity index (χ4v) is 0.916. The summed E-state index contributed by atoms with van der Waals surface area (Å²) in [6.07, 6.45) is -1.12. The molecular weight excluding hydrogens is 236 g/mol. The standard InChI is InChI=1S/C9H18O6S/c10-1-2-13-3-4-14-5-6-15-9(16)8(12)7-11/h8,10-12H,1-7H2. The Hall–Kier alpha value is -0.310. The maximum atomic E-state index is 9.03. The molecule has 0 heterocycles. The van der Waals surface area contributed by atoms with Crippen LogP contribution in [-0.2, 0) is 14.2 Å². The maximum Gasteiger partial charge on any atom is 0.191 e. The van der Waals surface area contributed by atoms with Gasteiger partial charge in [-0.05, 0) is 12.2 Å². The second-order valence-electron chi connectivity index (χ2n) is 2.81. The summed E-state index contributed by atoms with van der Waals surface area (Å²) in [5.74, 6) is 0. The summed E-state index contributed by atoms with van der Waals surface area (Å²) < 4.78 is 15.0. The highest BCUT2D eigenvalue weighted by atomic mass is 32.1. The van der Waals surface area contributed by atoms with Crippen LogP contribution in [0.5, 0.6) is 0 Å². The van der Waals surface area contributed by atoms with Crippen LogP contribution in [0.3, 0.4) is 0 Å². The van der Waals surface area contributed by atoms with Crippen LogP contribution in [-0.4, -0.2) is 72.7 Å². The molecule has 0 rings (SSSR count). The molecule has 96 valence electrons. The minimum Gasteiger partial charge on any atom is -0.482 e. The molecule has 1 unspecified atom stereocenters. The number of hydrogen-bond donors (Lipinski definition) is 3. The number of aliphatic hydroxyl groups is 3. The zero-order valence-electron chi connectivity index (χ0n) is 9.00. The Balaban J connectivity index is 3.18. The van der Waals surface area contributed by atoms with E-state index >= 15 is 0 Å². The summed E-state index contributed by atoms with van der Waals surface area (Å²) in [5, 5.41) is 25.9. The summed E-state index contributed by atoms with van der Waals surface area (Å²) in [6, 6.07) is 0. The zero-order valence-corrected chi connectivity index (χ0v) is 9.82. The molecule has 0 radical (unpaired) electrons. The average Bonchev–Trinajstić information content (AvgIpc) is 2.31. The largest absolute Gasteiger partial charge is 0.482 e. The van der Waals surface area contributed by atoms with E-state index in [0.717, 1.165) is 0 Å². The van der Waals surface area contributed by atoms with Crippen LogP contribution in [0.15, 0.2) is 0 Å². The van der Waals surface area contributed by atoms with E-state index in [4.69, 9.17) is 29.5 Å². The van der Waals surface area contributed by atoms with Crippen LogP contribution in [0.4, 0.5) is 0 Å². The van der Waals surface area contributed by atoms with Crippen LogP contribution < -0.4 is 0 Å². The molecule has 0 aromatic heterocycles. The SMILES string of the molecule is OCCOCCOCCOC(=S)C(O)CO. The molecule has 6 nitrogen and oxygen atoms in total. The van der Waals surface area contributed by atoms with E-state index in [1.165, 1.54) is 0 Å². The third-order valence-electron chi connectivity index (χ3n) is 1.52. The van der Waals surface area contributed by atoms with Gasteiger partial charge >= 0.3 is 0 Å². The van der Waals surface area contributed by atoms with Gasteiger partial charge in [-0.15, -0.1) is 0 Å². The number of hydrogen-bond acceptors (Lipinski definition) is 7. The van der Waals surface area contributed by atoms with E-state index in [-0.39, 0.29) is 18.3 Å². The molecule has 0 amide bonds. The van der Waals surface area contributed by atoms with Gasteiger partial charge in [0, 0.05) is 0 Å². The van der Waals surface area contributed by atoms with Gasteiger partial charge in [0.2, 0.25) is 0 Å². The van der Waals surface area contributed by atoms with Crippen molar-refractivity contribution in [2.75, 3.05) is 46.2 Å². The van der Waals surface area contributed by atoms with Gasteiger partial charge in [-0.1, -0.05) is 0 Å². The van der Waals surface area contributed by atoms with E-state index in [1.807, 2.05) is 0 Å². The van der Waals surface area contributed by atoms with Crippen LogP contribution in [0, 0.1) is 0 Å². The Morgan fingerprint density at radius 2 is 1.56 bits per heavy atom. The van der Waals surface area contributed by atoms with Gasteiger partial charge in [0.25, 0.3) is 0 Å². The first kappa shape index (κ1) is 15.7. The second kappa shape index (κ2) is 11.2. The molecule has 0 bridgehead atoms. The molecule has 7 heteroatoms. The van der Waals surface area contributed by atoms with E-state index in [2.05, 4.69) is 12.2 Å². The Kier molecular flexibility index (Phi) is 11.0. The highest BCUT2D eigenvalue weighted by Gasteiger charge is 2.09. The molecule has 0 aromatic rings. The van der Waals surface area contributed by atoms with Crippen molar-refractivity contribution in [3.05, 3.63) is 0 Å². The van der Waals surface area contributed by atoms with Gasteiger partial charge in [-0.3, -0.25) is 0 Å². The van der Waals surface area contributed by atoms with Gasteiger partial charge in [-0.25, -0.2) is 0 Å². The first-order valence-corrected chi connectivity index (χ1v) is 5.35. The van der Waals surface area contributed by atoms with Gasteiger partial charge in [0.1, 0.15) is 12.7 Å². The van der Waals surface area contributed by atoms with Gasteiger partial charge < -0.3 is 29.5 Å². The molecule has 16 heavy (non-hydrogen) atoms. The van der Waals surface area contributed by atoms with Crippen molar-refractivity contribution in [3.63, 3.8) is 0 Å². The van der Waals surface area contributed by atoms with Crippen LogP contribution in [0.25, 0.3) is 0 Å². The number of thiocarbonyl (C=S) groups is 1. The second-order valence-corrected chi connectivity index (χ2v) is 3.22. The monoisotopic (exact) mass is 254 g/mol. The Morgan fingerprint density at radius 3 is 2.12 bits per heavy atom. The summed E-state index contributed by atoms with van der Waals surface area (Å²) >= 11 is 4.67. The van der Waals surface area contributed by atoms with Crippen molar-refractivity contribution in [1.82, 2.24) is 0 Å². The molecule has 3 N–H and O–H groups in total. The highest BCUT2D eigenvalue weighted by molar-refractivity contribution is 7.80. The number of aliphatic hydroxyl groups excluding tert-OH is 3. The summed E-state index contributed by atoms with van der Waals surface area (Å²) in [5.41, 5.74) is 0. The molecular formula is C9H18O6S. The first-order chi connectivity index (χ1) is 7.72. The summed E-state index contributed by atoms with van der Waals surface area (Å²) in [7, 11) is 0. The van der Waals surface area contributed by atoms with Crippen molar-refractivity contribution < 1.29 is 29.5 Å². The molecule has 0 fully saturated rings. The Labute approximate surface area is 99.7 Å². The topological polar surface area (TPSA) is 88.4 Å². The van der Waals surface area contributed by atoms with Crippen LogP contribution >= 0.6 is 12.2 Å². The molecule has 0 aliphatic heterocycles. The number of ether oxygens (including phenoxy) is 3. The predicted molar refractivity (Wildman–Crippen MR) is 60.4 cm³/mol. The van der Waals surface area contributed by atoms with Crippen molar-refractivity contribution in [2.45, 2.75) is 6.10 Å². The lowest BCUT2D eigenvalue weighted by atomic mass is 10.4. The molecule has 0 aromatic carbocycles. The fourth-order valence-electron chi connectivity index (χ4n) is 0.758. The van der Waals surface area contributed by atoms with Crippen LogP contribution in [0.2, 0.25) is 0 Å².